The van der Waals surface area contributed by atoms with Crippen molar-refractivity contribution in [1.82, 2.24) is 19.7 Å². The second-order valence-corrected chi connectivity index (χ2v) is 9.06. The van der Waals surface area contributed by atoms with Crippen LogP contribution in [0.25, 0.3) is 11.3 Å². The van der Waals surface area contributed by atoms with E-state index in [-0.39, 0.29) is 22.3 Å². The van der Waals surface area contributed by atoms with Crippen molar-refractivity contribution in [1.29, 1.82) is 0 Å². The number of rotatable bonds is 4. The van der Waals surface area contributed by atoms with Crippen molar-refractivity contribution in [3.05, 3.63) is 71.2 Å². The molecule has 30 heavy (non-hydrogen) atoms. The predicted molar refractivity (Wildman–Crippen MR) is 113 cm³/mol. The zero-order chi connectivity index (χ0) is 21.5. The number of hydrogen-bond acceptors (Lipinski definition) is 6. The quantitative estimate of drug-likeness (QED) is 0.743. The third-order valence-corrected chi connectivity index (χ3v) is 7.03. The molecule has 0 saturated carbocycles. The molecule has 1 fully saturated rings. The summed E-state index contributed by atoms with van der Waals surface area (Å²) in [6, 6.07) is 1.83. The van der Waals surface area contributed by atoms with E-state index in [1.54, 1.807) is 22.0 Å². The molecule has 8 nitrogen and oxygen atoms in total. The largest absolute Gasteiger partial charge is 0.378 e. The van der Waals surface area contributed by atoms with Gasteiger partial charge < -0.3 is 9.64 Å². The maximum atomic E-state index is 13.3. The van der Waals surface area contributed by atoms with Crippen LogP contribution in [-0.2, 0) is 20.3 Å². The zero-order valence-electron chi connectivity index (χ0n) is 16.7. The Kier molecular flexibility index (Phi) is 5.17. The molecule has 0 spiro atoms. The number of allylic oxidation sites excluding steroid dienone is 3. The molecule has 1 amide bonds. The normalized spacial score (nSPS) is 18.1. The highest BCUT2D eigenvalue weighted by molar-refractivity contribution is 7.95. The zero-order valence-corrected chi connectivity index (χ0v) is 17.5. The molecule has 2 aromatic heterocycles. The van der Waals surface area contributed by atoms with Crippen LogP contribution in [0.15, 0.2) is 48.7 Å². The molecule has 4 heterocycles. The van der Waals surface area contributed by atoms with E-state index in [1.807, 2.05) is 13.0 Å². The van der Waals surface area contributed by atoms with Crippen molar-refractivity contribution < 1.29 is 17.9 Å². The van der Waals surface area contributed by atoms with Crippen LogP contribution in [-0.4, -0.2) is 60.3 Å². The number of nitrogens with zero attached hydrogens (tertiary/aromatic N) is 4. The highest BCUT2D eigenvalue weighted by atomic mass is 32.2. The molecule has 2 aromatic rings. The Balaban J connectivity index is 2.01. The number of aromatic nitrogens is 3. The summed E-state index contributed by atoms with van der Waals surface area (Å²) in [5, 5.41) is 4.59. The molecule has 0 atom stereocenters. The van der Waals surface area contributed by atoms with Gasteiger partial charge >= 0.3 is 0 Å². The average molecular weight is 426 g/mol. The van der Waals surface area contributed by atoms with E-state index in [0.717, 1.165) is 5.56 Å². The molecule has 4 rings (SSSR count). The first-order valence-corrected chi connectivity index (χ1v) is 11.2. The van der Waals surface area contributed by atoms with Gasteiger partial charge in [0.2, 0.25) is 0 Å². The van der Waals surface area contributed by atoms with Gasteiger partial charge in [0.15, 0.2) is 15.5 Å². The first-order valence-electron chi connectivity index (χ1n) is 9.51. The smallest absolute Gasteiger partial charge is 0.274 e. The summed E-state index contributed by atoms with van der Waals surface area (Å²) in [7, 11) is -3.69. The Hall–Kier alpha value is -3.04. The second-order valence-electron chi connectivity index (χ2n) is 7.10. The first-order chi connectivity index (χ1) is 14.4. The Labute approximate surface area is 175 Å². The summed E-state index contributed by atoms with van der Waals surface area (Å²) in [5.74, 6) is -0.637. The molecule has 1 saturated heterocycles. The molecule has 0 unspecified atom stereocenters. The van der Waals surface area contributed by atoms with Crippen LogP contribution in [0.3, 0.4) is 0 Å². The number of hydrogen-bond donors (Lipinski definition) is 0. The van der Waals surface area contributed by atoms with Gasteiger partial charge in [-0.05, 0) is 18.6 Å². The van der Waals surface area contributed by atoms with Crippen molar-refractivity contribution in [3.63, 3.8) is 0 Å². The molecule has 0 aliphatic carbocycles. The highest BCUT2D eigenvalue weighted by Gasteiger charge is 2.37. The van der Waals surface area contributed by atoms with Gasteiger partial charge in [0.05, 0.1) is 41.4 Å². The summed E-state index contributed by atoms with van der Waals surface area (Å²) in [5.41, 5.74) is 2.96. The lowest BCUT2D eigenvalue weighted by Gasteiger charge is -2.26. The lowest BCUT2D eigenvalue weighted by atomic mass is 10.0. The molecule has 2 aliphatic rings. The van der Waals surface area contributed by atoms with Crippen molar-refractivity contribution in [2.45, 2.75) is 12.7 Å². The van der Waals surface area contributed by atoms with Crippen molar-refractivity contribution in [3.8, 4) is 5.69 Å². The van der Waals surface area contributed by atoms with Crippen LogP contribution in [0.5, 0.6) is 0 Å². The van der Waals surface area contributed by atoms with E-state index in [1.165, 1.54) is 12.2 Å². The highest BCUT2D eigenvalue weighted by Crippen LogP contribution is 2.38. The van der Waals surface area contributed by atoms with Crippen molar-refractivity contribution in [2.75, 3.05) is 26.3 Å². The summed E-state index contributed by atoms with van der Waals surface area (Å²) >= 11 is 0. The van der Waals surface area contributed by atoms with Gasteiger partial charge in [-0.15, -0.1) is 0 Å². The fourth-order valence-electron chi connectivity index (χ4n) is 3.79. The molecule has 9 heteroatoms. The minimum Gasteiger partial charge on any atom is -0.378 e. The van der Waals surface area contributed by atoms with Gasteiger partial charge in [-0.2, -0.15) is 5.10 Å². The van der Waals surface area contributed by atoms with E-state index in [0.29, 0.717) is 48.8 Å². The summed E-state index contributed by atoms with van der Waals surface area (Å²) in [4.78, 5) is 19.2. The summed E-state index contributed by atoms with van der Waals surface area (Å²) in [6.45, 7) is 11.1. The van der Waals surface area contributed by atoms with Gasteiger partial charge in [-0.3, -0.25) is 9.78 Å². The van der Waals surface area contributed by atoms with Crippen LogP contribution in [0.2, 0.25) is 0 Å². The minimum atomic E-state index is -3.69. The van der Waals surface area contributed by atoms with Crippen LogP contribution < -0.4 is 0 Å². The number of ether oxygens (including phenoxy) is 1. The number of carbonyl (C=O) groups is 1. The lowest BCUT2D eigenvalue weighted by molar-refractivity contribution is 0.0298. The molecule has 0 aromatic carbocycles. The van der Waals surface area contributed by atoms with Gasteiger partial charge in [-0.1, -0.05) is 25.3 Å². The Morgan fingerprint density at radius 3 is 2.60 bits per heavy atom. The van der Waals surface area contributed by atoms with Crippen LogP contribution in [0.4, 0.5) is 0 Å². The standard InChI is InChI=1S/C21H22N4O4S/c1-4-15-18(5-2)30(27,28)13-16-19(21(26)24-8-10-29-11-9-24)23-25(20(15)16)17-12-22-7-6-14(17)3/h4-7,12H,1-2,8-11,13H2,3H3. The van der Waals surface area contributed by atoms with Gasteiger partial charge in [0, 0.05) is 30.4 Å². The molecular weight excluding hydrogens is 404 g/mol. The maximum Gasteiger partial charge on any atom is 0.274 e. The van der Waals surface area contributed by atoms with E-state index in [9.17, 15) is 13.2 Å². The van der Waals surface area contributed by atoms with Gasteiger partial charge in [0.1, 0.15) is 0 Å². The Bertz CT molecular complexity index is 1190. The van der Waals surface area contributed by atoms with E-state index >= 15 is 0 Å². The van der Waals surface area contributed by atoms with Crippen molar-refractivity contribution >= 4 is 21.3 Å². The van der Waals surface area contributed by atoms with E-state index < -0.39 is 9.84 Å². The Morgan fingerprint density at radius 2 is 1.97 bits per heavy atom. The SMILES string of the molecule is C=CC1=C(C=C)S(=O)(=O)Cc2c(C(=O)N3CCOCC3)nn(-c3cnccc3C)c21. The molecule has 0 N–H and O–H groups in total. The van der Waals surface area contributed by atoms with Crippen LogP contribution in [0, 0.1) is 6.92 Å². The third kappa shape index (κ3) is 3.20. The minimum absolute atomic E-state index is 0.0815. The maximum absolute atomic E-state index is 13.3. The van der Waals surface area contributed by atoms with E-state index in [2.05, 4.69) is 23.2 Å². The monoisotopic (exact) mass is 426 g/mol. The lowest BCUT2D eigenvalue weighted by Crippen LogP contribution is -2.41. The molecule has 156 valence electrons. The number of morpholine rings is 1. The second kappa shape index (κ2) is 7.66. The number of carbonyl (C=O) groups excluding carboxylic acids is 1. The van der Waals surface area contributed by atoms with Crippen molar-refractivity contribution in [2.24, 2.45) is 0 Å². The molecular formula is C21H22N4O4S. The number of amides is 1. The number of fused-ring (bicyclic) bond motifs is 1. The van der Waals surface area contributed by atoms with Gasteiger partial charge in [-0.25, -0.2) is 13.1 Å². The molecule has 0 bridgehead atoms. The number of aryl methyl sites for hydroxylation is 1. The fraction of sp³-hybridized carbons (Fsp3) is 0.286. The predicted octanol–water partition coefficient (Wildman–Crippen LogP) is 2.06. The number of sulfone groups is 1. The van der Waals surface area contributed by atoms with Gasteiger partial charge in [0.25, 0.3) is 5.91 Å². The third-order valence-electron chi connectivity index (χ3n) is 5.30. The topological polar surface area (TPSA) is 94.4 Å². The molecule has 2 aliphatic heterocycles. The molecule has 0 radical (unpaired) electrons. The Morgan fingerprint density at radius 1 is 1.23 bits per heavy atom. The first kappa shape index (κ1) is 20.2. The number of pyridine rings is 1. The summed E-state index contributed by atoms with van der Waals surface area (Å²) < 4.78 is 32.8. The average Bonchev–Trinajstić information content (AvgIpc) is 3.10. The fourth-order valence-corrected chi connectivity index (χ4v) is 5.37. The van der Waals surface area contributed by atoms with Crippen LogP contribution >= 0.6 is 0 Å². The summed E-state index contributed by atoms with van der Waals surface area (Å²) in [6.07, 6.45) is 6.09. The van der Waals surface area contributed by atoms with Crippen LogP contribution in [0.1, 0.15) is 27.3 Å². The van der Waals surface area contributed by atoms with E-state index in [4.69, 9.17) is 4.74 Å².